The molecule has 1 unspecified atom stereocenters. The molecule has 0 aromatic rings. The molecule has 0 saturated carbocycles. The van der Waals surface area contributed by atoms with E-state index in [-0.39, 0.29) is 0 Å². The largest absolute Gasteiger partial charge is 0.303 e. The second-order valence-electron chi connectivity index (χ2n) is 8.66. The minimum atomic E-state index is 0.525. The van der Waals surface area contributed by atoms with Gasteiger partial charge in [-0.3, -0.25) is 0 Å². The van der Waals surface area contributed by atoms with Gasteiger partial charge in [-0.25, -0.2) is 0 Å². The highest BCUT2D eigenvalue weighted by Crippen LogP contribution is 2.24. The molecule has 1 aliphatic heterocycles. The molecule has 1 heterocycles. The van der Waals surface area contributed by atoms with Crippen molar-refractivity contribution >= 4 is 0 Å². The predicted molar refractivity (Wildman–Crippen MR) is 91.2 cm³/mol. The van der Waals surface area contributed by atoms with Crippen LogP contribution in [0.15, 0.2) is 0 Å². The summed E-state index contributed by atoms with van der Waals surface area (Å²) in [6.07, 6.45) is 11.4. The number of rotatable bonds is 8. The van der Waals surface area contributed by atoms with Crippen LogP contribution in [0.4, 0.5) is 0 Å². The van der Waals surface area contributed by atoms with Gasteiger partial charge in [-0.2, -0.15) is 0 Å². The van der Waals surface area contributed by atoms with E-state index in [1.165, 1.54) is 71.0 Å². The molecule has 0 spiro atoms. The van der Waals surface area contributed by atoms with Gasteiger partial charge in [0.2, 0.25) is 0 Å². The van der Waals surface area contributed by atoms with Gasteiger partial charge in [0.1, 0.15) is 0 Å². The standard InChI is InChI=1S/C19H39N/c1-17(2)15-18-11-10-14-20(16-18)13-9-7-6-8-12-19(3,4)5/h17-18H,6-16H2,1-5H3. The predicted octanol–water partition coefficient (Wildman–Crippen LogP) is 5.74. The number of hydrogen-bond donors (Lipinski definition) is 0. The summed E-state index contributed by atoms with van der Waals surface area (Å²) in [6.45, 7) is 15.9. The average molecular weight is 282 g/mol. The summed E-state index contributed by atoms with van der Waals surface area (Å²) < 4.78 is 0. The van der Waals surface area contributed by atoms with Crippen LogP contribution in [0.2, 0.25) is 0 Å². The summed E-state index contributed by atoms with van der Waals surface area (Å²) in [5, 5.41) is 0. The maximum absolute atomic E-state index is 2.74. The van der Waals surface area contributed by atoms with Crippen molar-refractivity contribution in [3.63, 3.8) is 0 Å². The van der Waals surface area contributed by atoms with Crippen LogP contribution < -0.4 is 0 Å². The van der Waals surface area contributed by atoms with Crippen molar-refractivity contribution in [2.75, 3.05) is 19.6 Å². The Morgan fingerprint density at radius 2 is 1.75 bits per heavy atom. The fourth-order valence-corrected chi connectivity index (χ4v) is 3.56. The fraction of sp³-hybridized carbons (Fsp3) is 1.00. The summed E-state index contributed by atoms with van der Waals surface area (Å²) in [5.41, 5.74) is 0.525. The molecule has 0 aromatic heterocycles. The average Bonchev–Trinajstić information content (AvgIpc) is 2.32. The summed E-state index contributed by atoms with van der Waals surface area (Å²) >= 11 is 0. The fourth-order valence-electron chi connectivity index (χ4n) is 3.56. The molecule has 20 heavy (non-hydrogen) atoms. The molecule has 0 aliphatic carbocycles. The third kappa shape index (κ3) is 9.00. The summed E-state index contributed by atoms with van der Waals surface area (Å²) in [6, 6.07) is 0. The highest BCUT2D eigenvalue weighted by atomic mass is 15.1. The first-order valence-corrected chi connectivity index (χ1v) is 9.09. The lowest BCUT2D eigenvalue weighted by molar-refractivity contribution is 0.157. The molecule has 1 fully saturated rings. The third-order valence-corrected chi connectivity index (χ3v) is 4.56. The maximum atomic E-state index is 2.74. The van der Waals surface area contributed by atoms with Crippen LogP contribution in [-0.2, 0) is 0 Å². The van der Waals surface area contributed by atoms with Gasteiger partial charge in [-0.1, -0.05) is 53.9 Å². The first kappa shape index (κ1) is 18.0. The smallest absolute Gasteiger partial charge is 0.000976 e. The van der Waals surface area contributed by atoms with Crippen LogP contribution in [0, 0.1) is 17.3 Å². The Kier molecular flexibility index (Phi) is 8.17. The minimum absolute atomic E-state index is 0.525. The van der Waals surface area contributed by atoms with E-state index in [1.54, 1.807) is 0 Å². The van der Waals surface area contributed by atoms with E-state index in [4.69, 9.17) is 0 Å². The summed E-state index contributed by atoms with van der Waals surface area (Å²) in [4.78, 5) is 2.74. The van der Waals surface area contributed by atoms with Gasteiger partial charge < -0.3 is 4.90 Å². The van der Waals surface area contributed by atoms with Crippen LogP contribution in [0.1, 0.15) is 86.0 Å². The second-order valence-corrected chi connectivity index (χ2v) is 8.66. The Hall–Kier alpha value is -0.0400. The van der Waals surface area contributed by atoms with E-state index in [2.05, 4.69) is 39.5 Å². The third-order valence-electron chi connectivity index (χ3n) is 4.56. The van der Waals surface area contributed by atoms with Gasteiger partial charge in [0, 0.05) is 6.54 Å². The van der Waals surface area contributed by atoms with E-state index in [0.717, 1.165) is 11.8 Å². The van der Waals surface area contributed by atoms with Gasteiger partial charge in [0.15, 0.2) is 0 Å². The highest BCUT2D eigenvalue weighted by molar-refractivity contribution is 4.74. The molecule has 1 heteroatoms. The van der Waals surface area contributed by atoms with Gasteiger partial charge in [-0.05, 0) is 62.4 Å². The molecule has 1 aliphatic rings. The van der Waals surface area contributed by atoms with Crippen LogP contribution in [-0.4, -0.2) is 24.5 Å². The first-order chi connectivity index (χ1) is 9.37. The molecular weight excluding hydrogens is 242 g/mol. The van der Waals surface area contributed by atoms with E-state index in [1.807, 2.05) is 0 Å². The highest BCUT2D eigenvalue weighted by Gasteiger charge is 2.20. The molecule has 0 amide bonds. The number of likely N-dealkylation sites (tertiary alicyclic amines) is 1. The van der Waals surface area contributed by atoms with Crippen LogP contribution in [0.3, 0.4) is 0 Å². The van der Waals surface area contributed by atoms with Crippen LogP contribution in [0.5, 0.6) is 0 Å². The zero-order valence-electron chi connectivity index (χ0n) is 14.9. The van der Waals surface area contributed by atoms with Crippen molar-refractivity contribution in [1.29, 1.82) is 0 Å². The molecule has 120 valence electrons. The molecule has 0 aromatic carbocycles. The number of nitrogens with zero attached hydrogens (tertiary/aromatic N) is 1. The van der Waals surface area contributed by atoms with Crippen molar-refractivity contribution in [2.24, 2.45) is 17.3 Å². The van der Waals surface area contributed by atoms with E-state index in [9.17, 15) is 0 Å². The molecular formula is C19H39N. The SMILES string of the molecule is CC(C)CC1CCCN(CCCCCCC(C)(C)C)C1. The van der Waals surface area contributed by atoms with Crippen LogP contribution in [0.25, 0.3) is 0 Å². The van der Waals surface area contributed by atoms with Gasteiger partial charge in [0.05, 0.1) is 0 Å². The molecule has 0 bridgehead atoms. The molecule has 0 radical (unpaired) electrons. The van der Waals surface area contributed by atoms with Crippen LogP contribution >= 0.6 is 0 Å². The minimum Gasteiger partial charge on any atom is -0.303 e. The van der Waals surface area contributed by atoms with Crippen molar-refractivity contribution < 1.29 is 0 Å². The lowest BCUT2D eigenvalue weighted by Crippen LogP contribution is -2.36. The number of piperidine rings is 1. The topological polar surface area (TPSA) is 3.24 Å². The first-order valence-electron chi connectivity index (χ1n) is 9.09. The van der Waals surface area contributed by atoms with Gasteiger partial charge in [-0.15, -0.1) is 0 Å². The summed E-state index contributed by atoms with van der Waals surface area (Å²) in [7, 11) is 0. The molecule has 1 saturated heterocycles. The normalized spacial score (nSPS) is 21.6. The lowest BCUT2D eigenvalue weighted by atomic mass is 9.89. The second kappa shape index (κ2) is 9.07. The lowest BCUT2D eigenvalue weighted by Gasteiger charge is -2.33. The Morgan fingerprint density at radius 3 is 2.40 bits per heavy atom. The van der Waals surface area contributed by atoms with E-state index < -0.39 is 0 Å². The molecule has 0 N–H and O–H groups in total. The number of unbranched alkanes of at least 4 members (excludes halogenated alkanes) is 3. The Labute approximate surface area is 128 Å². The van der Waals surface area contributed by atoms with Crippen molar-refractivity contribution in [2.45, 2.75) is 86.0 Å². The number of hydrogen-bond acceptors (Lipinski definition) is 1. The van der Waals surface area contributed by atoms with Gasteiger partial charge >= 0.3 is 0 Å². The Balaban J connectivity index is 2.04. The maximum Gasteiger partial charge on any atom is 0.000976 e. The Bertz CT molecular complexity index is 239. The van der Waals surface area contributed by atoms with E-state index in [0.29, 0.717) is 5.41 Å². The van der Waals surface area contributed by atoms with Gasteiger partial charge in [0.25, 0.3) is 0 Å². The summed E-state index contributed by atoms with van der Waals surface area (Å²) in [5.74, 6) is 1.85. The quantitative estimate of drug-likeness (QED) is 0.513. The van der Waals surface area contributed by atoms with Crippen molar-refractivity contribution in [3.05, 3.63) is 0 Å². The monoisotopic (exact) mass is 281 g/mol. The van der Waals surface area contributed by atoms with Crippen molar-refractivity contribution in [1.82, 2.24) is 4.90 Å². The zero-order chi connectivity index (χ0) is 15.0. The van der Waals surface area contributed by atoms with E-state index >= 15 is 0 Å². The molecule has 1 nitrogen and oxygen atoms in total. The Morgan fingerprint density at radius 1 is 1.05 bits per heavy atom. The molecule has 1 rings (SSSR count). The molecule has 1 atom stereocenters. The zero-order valence-corrected chi connectivity index (χ0v) is 14.9. The van der Waals surface area contributed by atoms with Crippen molar-refractivity contribution in [3.8, 4) is 0 Å².